The number of nitrogens with zero attached hydrogens (tertiary/aromatic N) is 3. The summed E-state index contributed by atoms with van der Waals surface area (Å²) in [4.78, 5) is 10.1. The molecule has 0 saturated heterocycles. The Kier molecular flexibility index (Phi) is 5.91. The third-order valence-corrected chi connectivity index (χ3v) is 3.64. The number of anilines is 3. The molecule has 0 atom stereocenters. The molecule has 3 rings (SSSR count). The summed E-state index contributed by atoms with van der Waals surface area (Å²) >= 11 is 0. The highest BCUT2D eigenvalue weighted by molar-refractivity contribution is 5.69. The zero-order chi connectivity index (χ0) is 19.9. The molecule has 8 nitrogen and oxygen atoms in total. The molecule has 4 N–H and O–H groups in total. The molecule has 3 aromatic rings. The van der Waals surface area contributed by atoms with Gasteiger partial charge in [0, 0.05) is 25.8 Å². The maximum Gasteiger partial charge on any atom is 0.284 e. The predicted octanol–water partition coefficient (Wildman–Crippen LogP) is 3.61. The number of para-hydroxylation sites is 1. The topological polar surface area (TPSA) is 109 Å². The Morgan fingerprint density at radius 3 is 2.39 bits per heavy atom. The van der Waals surface area contributed by atoms with Crippen molar-refractivity contribution in [2.24, 2.45) is 0 Å². The number of nitrogens with one attached hydrogen (secondary N) is 2. The lowest BCUT2D eigenvalue weighted by Crippen LogP contribution is -2.23. The van der Waals surface area contributed by atoms with Crippen molar-refractivity contribution in [2.45, 2.75) is 6.61 Å². The zero-order valence-electron chi connectivity index (χ0n) is 15.7. The van der Waals surface area contributed by atoms with Crippen LogP contribution in [-0.4, -0.2) is 35.0 Å². The minimum atomic E-state index is 0.0227. The van der Waals surface area contributed by atoms with Crippen LogP contribution in [0.3, 0.4) is 0 Å². The molecule has 0 saturated carbocycles. The summed E-state index contributed by atoms with van der Waals surface area (Å²) in [5, 5.41) is 10.8. The van der Waals surface area contributed by atoms with E-state index in [9.17, 15) is 0 Å². The van der Waals surface area contributed by atoms with E-state index in [0.717, 1.165) is 17.2 Å². The van der Waals surface area contributed by atoms with Crippen molar-refractivity contribution < 1.29 is 9.47 Å². The van der Waals surface area contributed by atoms with Gasteiger partial charge in [0.15, 0.2) is 12.4 Å². The average molecular weight is 378 g/mol. The van der Waals surface area contributed by atoms with E-state index in [4.69, 9.17) is 20.6 Å². The first-order valence-electron chi connectivity index (χ1n) is 8.62. The molecular formula is C20H22N6O2. The minimum Gasteiger partial charge on any atom is -0.457 e. The van der Waals surface area contributed by atoms with Gasteiger partial charge in [-0.1, -0.05) is 18.2 Å². The number of benzene rings is 2. The van der Waals surface area contributed by atoms with Crippen LogP contribution in [0.1, 0.15) is 5.82 Å². The van der Waals surface area contributed by atoms with Crippen molar-refractivity contribution in [3.63, 3.8) is 0 Å². The van der Waals surface area contributed by atoms with Crippen LogP contribution in [-0.2, 0) is 11.3 Å². The maximum absolute atomic E-state index is 7.67. The van der Waals surface area contributed by atoms with Gasteiger partial charge in [-0.05, 0) is 36.4 Å². The van der Waals surface area contributed by atoms with Crippen molar-refractivity contribution >= 4 is 23.3 Å². The first kappa shape index (κ1) is 19.0. The van der Waals surface area contributed by atoms with Crippen molar-refractivity contribution in [3.05, 3.63) is 66.5 Å². The molecule has 0 unspecified atom stereocenters. The lowest BCUT2D eigenvalue weighted by molar-refractivity contribution is 0.235. The molecule has 1 heterocycles. The molecule has 2 aromatic carbocycles. The van der Waals surface area contributed by atoms with E-state index in [-0.39, 0.29) is 12.6 Å². The lowest BCUT2D eigenvalue weighted by atomic mass is 10.3. The third-order valence-electron chi connectivity index (χ3n) is 3.64. The molecule has 0 fully saturated rings. The number of hydrogen-bond acceptors (Lipinski definition) is 7. The van der Waals surface area contributed by atoms with Gasteiger partial charge in [0.2, 0.25) is 0 Å². The summed E-state index contributed by atoms with van der Waals surface area (Å²) in [6.45, 7) is 0.0561. The Labute approximate surface area is 163 Å². The highest BCUT2D eigenvalue weighted by atomic mass is 16.5. The molecule has 0 aliphatic carbocycles. The van der Waals surface area contributed by atoms with Gasteiger partial charge in [-0.15, -0.1) is 0 Å². The van der Waals surface area contributed by atoms with E-state index in [0.29, 0.717) is 17.5 Å². The van der Waals surface area contributed by atoms with Crippen molar-refractivity contribution in [3.8, 4) is 11.5 Å². The molecule has 0 spiro atoms. The van der Waals surface area contributed by atoms with E-state index in [1.165, 1.54) is 0 Å². The first-order chi connectivity index (χ1) is 13.5. The SMILES string of the molecule is CN(C)C(=N)OCc1nc(N)cc(Nc2ccc(Oc3ccccc3)cc2)n1. The molecular weight excluding hydrogens is 356 g/mol. The van der Waals surface area contributed by atoms with Crippen molar-refractivity contribution in [1.82, 2.24) is 14.9 Å². The lowest BCUT2D eigenvalue weighted by Gasteiger charge is -2.14. The van der Waals surface area contributed by atoms with E-state index in [1.54, 1.807) is 25.1 Å². The Bertz CT molecular complexity index is 929. The average Bonchev–Trinajstić information content (AvgIpc) is 2.68. The van der Waals surface area contributed by atoms with Crippen LogP contribution in [0.15, 0.2) is 60.7 Å². The van der Waals surface area contributed by atoms with E-state index in [1.807, 2.05) is 54.6 Å². The second-order valence-corrected chi connectivity index (χ2v) is 6.15. The van der Waals surface area contributed by atoms with Gasteiger partial charge in [0.05, 0.1) is 0 Å². The Morgan fingerprint density at radius 1 is 1.04 bits per heavy atom. The number of nitrogens with two attached hydrogens (primary N) is 1. The molecule has 0 radical (unpaired) electrons. The zero-order valence-corrected chi connectivity index (χ0v) is 15.7. The van der Waals surface area contributed by atoms with Gasteiger partial charge in [-0.25, -0.2) is 9.97 Å². The minimum absolute atomic E-state index is 0.0227. The molecule has 1 aromatic heterocycles. The fourth-order valence-electron chi connectivity index (χ4n) is 2.29. The normalized spacial score (nSPS) is 10.2. The summed E-state index contributed by atoms with van der Waals surface area (Å²) in [6.07, 6.45) is 0. The summed E-state index contributed by atoms with van der Waals surface area (Å²) in [5.41, 5.74) is 6.68. The Morgan fingerprint density at radius 2 is 1.71 bits per heavy atom. The molecule has 8 heteroatoms. The van der Waals surface area contributed by atoms with E-state index in [2.05, 4.69) is 15.3 Å². The largest absolute Gasteiger partial charge is 0.457 e. The molecule has 0 aliphatic heterocycles. The smallest absolute Gasteiger partial charge is 0.284 e. The van der Waals surface area contributed by atoms with Crippen molar-refractivity contribution in [1.29, 1.82) is 5.41 Å². The van der Waals surface area contributed by atoms with Gasteiger partial charge < -0.3 is 25.4 Å². The van der Waals surface area contributed by atoms with Gasteiger partial charge >= 0.3 is 0 Å². The molecule has 144 valence electrons. The standard InChI is InChI=1S/C20H22N6O2/c1-26(2)20(22)27-13-19-24-17(21)12-18(25-19)23-14-8-10-16(11-9-14)28-15-6-4-3-5-7-15/h3-12,22H,13H2,1-2H3,(H3,21,23,24,25). The van der Waals surface area contributed by atoms with E-state index >= 15 is 0 Å². The Balaban J connectivity index is 1.65. The number of aromatic nitrogens is 2. The van der Waals surface area contributed by atoms with Crippen LogP contribution in [0.25, 0.3) is 0 Å². The monoisotopic (exact) mass is 378 g/mol. The van der Waals surface area contributed by atoms with Crippen LogP contribution in [0, 0.1) is 5.41 Å². The molecule has 28 heavy (non-hydrogen) atoms. The van der Waals surface area contributed by atoms with Crippen LogP contribution in [0.5, 0.6) is 11.5 Å². The van der Waals surface area contributed by atoms with Gasteiger partial charge in [0.1, 0.15) is 23.1 Å². The fourth-order valence-corrected chi connectivity index (χ4v) is 2.29. The molecule has 0 bridgehead atoms. The second-order valence-electron chi connectivity index (χ2n) is 6.15. The summed E-state index contributed by atoms with van der Waals surface area (Å²) < 4.78 is 11.1. The molecule has 0 aliphatic rings. The van der Waals surface area contributed by atoms with Crippen LogP contribution in [0.4, 0.5) is 17.3 Å². The van der Waals surface area contributed by atoms with E-state index < -0.39 is 0 Å². The fraction of sp³-hybridized carbons (Fsp3) is 0.150. The summed E-state index contributed by atoms with van der Waals surface area (Å²) in [7, 11) is 3.45. The summed E-state index contributed by atoms with van der Waals surface area (Å²) in [6, 6.07) is 18.7. The quantitative estimate of drug-likeness (QED) is 0.444. The maximum atomic E-state index is 7.67. The van der Waals surface area contributed by atoms with Gasteiger partial charge in [0.25, 0.3) is 6.02 Å². The highest BCUT2D eigenvalue weighted by Gasteiger charge is 2.07. The number of rotatable bonds is 6. The number of nitrogen functional groups attached to an aromatic ring is 1. The third kappa shape index (κ3) is 5.34. The number of amidine groups is 1. The first-order valence-corrected chi connectivity index (χ1v) is 8.62. The summed E-state index contributed by atoms with van der Waals surface area (Å²) in [5.74, 6) is 2.75. The van der Waals surface area contributed by atoms with Crippen molar-refractivity contribution in [2.75, 3.05) is 25.1 Å². The predicted molar refractivity (Wildman–Crippen MR) is 109 cm³/mol. The molecule has 0 amide bonds. The Hall–Kier alpha value is -3.81. The second kappa shape index (κ2) is 8.72. The van der Waals surface area contributed by atoms with Crippen LogP contribution >= 0.6 is 0 Å². The number of ether oxygens (including phenoxy) is 2. The van der Waals surface area contributed by atoms with Crippen LogP contribution < -0.4 is 15.8 Å². The van der Waals surface area contributed by atoms with Gasteiger partial charge in [-0.3, -0.25) is 5.41 Å². The highest BCUT2D eigenvalue weighted by Crippen LogP contribution is 2.24. The number of hydrogen-bond donors (Lipinski definition) is 3. The van der Waals surface area contributed by atoms with Gasteiger partial charge in [-0.2, -0.15) is 0 Å². The van der Waals surface area contributed by atoms with Crippen LogP contribution in [0.2, 0.25) is 0 Å².